The van der Waals surface area contributed by atoms with Crippen LogP contribution in [0.15, 0.2) is 47.6 Å². The number of hydrogen-bond acceptors (Lipinski definition) is 13. The van der Waals surface area contributed by atoms with Crippen LogP contribution in [0.5, 0.6) is 0 Å². The van der Waals surface area contributed by atoms with Crippen LogP contribution in [-0.4, -0.2) is 76.9 Å². The first kappa shape index (κ1) is 29.5. The number of anilines is 2. The van der Waals surface area contributed by atoms with Gasteiger partial charge in [0, 0.05) is 31.8 Å². The van der Waals surface area contributed by atoms with Gasteiger partial charge in [-0.25, -0.2) is 16.8 Å². The van der Waals surface area contributed by atoms with Gasteiger partial charge in [0.15, 0.2) is 10.5 Å². The third-order valence-corrected chi connectivity index (χ3v) is 10.9. The number of hydrogen-bond donors (Lipinski definition) is 1. The SMILES string of the molecule is COC(=O)[C@@H]1C(c2ccc(N(C)C)cc2)[C@@H](C(=O)OC)S(=O)(=O)C(=NNc2ccc(C)cc2[N+](=O)[O-])S1(=O)=O. The molecule has 0 bridgehead atoms. The molecule has 0 radical (unpaired) electrons. The normalized spacial score (nSPS) is 21.4. The summed E-state index contributed by atoms with van der Waals surface area (Å²) in [5, 5.41) is 10.5. The van der Waals surface area contributed by atoms with Crippen molar-refractivity contribution in [3.63, 3.8) is 0 Å². The van der Waals surface area contributed by atoms with Gasteiger partial charge in [-0.05, 0) is 36.2 Å². The molecule has 39 heavy (non-hydrogen) atoms. The molecular weight excluding hydrogens is 556 g/mol. The van der Waals surface area contributed by atoms with Crippen LogP contribution >= 0.6 is 0 Å². The monoisotopic (exact) mass is 582 g/mol. The van der Waals surface area contributed by atoms with Crippen LogP contribution in [0.1, 0.15) is 17.0 Å². The van der Waals surface area contributed by atoms with E-state index in [-0.39, 0.29) is 11.3 Å². The number of nitrogens with zero attached hydrogens (tertiary/aromatic N) is 3. The predicted molar refractivity (Wildman–Crippen MR) is 142 cm³/mol. The van der Waals surface area contributed by atoms with Gasteiger partial charge in [-0.15, -0.1) is 0 Å². The zero-order valence-corrected chi connectivity index (χ0v) is 23.1. The van der Waals surface area contributed by atoms with Crippen LogP contribution in [-0.2, 0) is 38.7 Å². The van der Waals surface area contributed by atoms with Crippen molar-refractivity contribution >= 4 is 53.1 Å². The summed E-state index contributed by atoms with van der Waals surface area (Å²) in [5.74, 6) is -4.44. The Bertz CT molecular complexity index is 1500. The van der Waals surface area contributed by atoms with Crippen molar-refractivity contribution in [3.8, 4) is 0 Å². The number of hydrazone groups is 1. The fraction of sp³-hybridized carbons (Fsp3) is 0.348. The van der Waals surface area contributed by atoms with Gasteiger partial charge in [0.25, 0.3) is 10.1 Å². The van der Waals surface area contributed by atoms with Crippen molar-refractivity contribution in [2.75, 3.05) is 38.6 Å². The van der Waals surface area contributed by atoms with Crippen molar-refractivity contribution in [2.45, 2.75) is 23.3 Å². The van der Waals surface area contributed by atoms with Gasteiger partial charge in [0.1, 0.15) is 5.69 Å². The van der Waals surface area contributed by atoms with E-state index in [1.165, 1.54) is 24.3 Å². The Balaban J connectivity index is 2.29. The highest BCUT2D eigenvalue weighted by molar-refractivity contribution is 8.32. The number of carbonyl (C=O) groups excluding carboxylic acids is 2. The summed E-state index contributed by atoms with van der Waals surface area (Å²) >= 11 is 0. The Hall–Kier alpha value is -4.05. The van der Waals surface area contributed by atoms with Crippen LogP contribution in [0.4, 0.5) is 17.1 Å². The molecule has 2 aromatic rings. The van der Waals surface area contributed by atoms with E-state index >= 15 is 0 Å². The van der Waals surface area contributed by atoms with E-state index in [0.717, 1.165) is 20.3 Å². The van der Waals surface area contributed by atoms with Gasteiger partial charge in [0.2, 0.25) is 19.7 Å². The fourth-order valence-electron chi connectivity index (χ4n) is 4.17. The lowest BCUT2D eigenvalue weighted by Gasteiger charge is -2.35. The fourth-order valence-corrected chi connectivity index (χ4v) is 9.06. The zero-order chi connectivity index (χ0) is 29.3. The summed E-state index contributed by atoms with van der Waals surface area (Å²) in [6, 6.07) is 9.71. The Morgan fingerprint density at radius 2 is 1.46 bits per heavy atom. The molecule has 0 amide bonds. The van der Waals surface area contributed by atoms with Gasteiger partial charge in [-0.3, -0.25) is 25.1 Å². The van der Waals surface area contributed by atoms with E-state index in [4.69, 9.17) is 9.47 Å². The van der Waals surface area contributed by atoms with Gasteiger partial charge >= 0.3 is 11.9 Å². The number of nitrogens with one attached hydrogen (secondary N) is 1. The number of carbonyl (C=O) groups is 2. The zero-order valence-electron chi connectivity index (χ0n) is 21.5. The van der Waals surface area contributed by atoms with E-state index in [0.29, 0.717) is 11.3 Å². The molecular formula is C23H26N4O10S2. The molecule has 0 saturated carbocycles. The molecule has 1 N–H and O–H groups in total. The van der Waals surface area contributed by atoms with Gasteiger partial charge < -0.3 is 14.4 Å². The molecule has 0 aromatic heterocycles. The van der Waals surface area contributed by atoms with Crippen LogP contribution in [0.3, 0.4) is 0 Å². The molecule has 1 heterocycles. The summed E-state index contributed by atoms with van der Waals surface area (Å²) in [7, 11) is -5.01. The van der Waals surface area contributed by atoms with E-state index in [2.05, 4.69) is 10.5 Å². The average Bonchev–Trinajstić information content (AvgIpc) is 2.87. The number of methoxy groups -OCH3 is 2. The van der Waals surface area contributed by atoms with Gasteiger partial charge in [-0.2, -0.15) is 5.10 Å². The summed E-state index contributed by atoms with van der Waals surface area (Å²) < 4.78 is 62.6. The molecule has 16 heteroatoms. The highest BCUT2D eigenvalue weighted by Gasteiger charge is 2.63. The molecule has 0 spiro atoms. The highest BCUT2D eigenvalue weighted by atomic mass is 32.3. The van der Waals surface area contributed by atoms with Crippen LogP contribution in [0.2, 0.25) is 0 Å². The lowest BCUT2D eigenvalue weighted by atomic mass is 9.91. The summed E-state index contributed by atoms with van der Waals surface area (Å²) in [6.45, 7) is 1.58. The Morgan fingerprint density at radius 3 is 1.90 bits per heavy atom. The molecule has 0 unspecified atom stereocenters. The highest BCUT2D eigenvalue weighted by Crippen LogP contribution is 2.41. The van der Waals surface area contributed by atoms with E-state index in [1.807, 2.05) is 0 Å². The van der Waals surface area contributed by atoms with E-state index in [1.54, 1.807) is 38.1 Å². The number of rotatable bonds is 7. The van der Waals surface area contributed by atoms with Crippen molar-refractivity contribution in [3.05, 3.63) is 63.7 Å². The maximum absolute atomic E-state index is 13.7. The van der Waals surface area contributed by atoms with Gasteiger partial charge in [0.05, 0.1) is 19.1 Å². The molecule has 1 aliphatic heterocycles. The Morgan fingerprint density at radius 1 is 0.949 bits per heavy atom. The number of nitro groups is 1. The third-order valence-electron chi connectivity index (χ3n) is 6.09. The first-order valence-electron chi connectivity index (χ1n) is 11.2. The molecule has 210 valence electrons. The van der Waals surface area contributed by atoms with Gasteiger partial charge in [-0.1, -0.05) is 18.2 Å². The Kier molecular flexibility index (Phi) is 8.30. The number of ether oxygens (including phenoxy) is 2. The van der Waals surface area contributed by atoms with Crippen LogP contribution in [0.25, 0.3) is 0 Å². The standard InChI is InChI=1S/C23H26N4O10S2/c1-13-6-11-16(17(12-13)27(30)31)24-25-23-38(32,33)19(21(28)36-4)18(20(22(29)37-5)39(23,34)35)14-7-9-15(10-8-14)26(2)3/h6-12,18-20,24H,1-5H3/t18?,19-,20-/m0/s1. The molecule has 1 aliphatic rings. The van der Waals surface area contributed by atoms with Crippen LogP contribution in [0, 0.1) is 17.0 Å². The number of esters is 2. The summed E-state index contributed by atoms with van der Waals surface area (Å²) in [5.41, 5.74) is 2.49. The maximum atomic E-state index is 13.7. The second-order valence-corrected chi connectivity index (χ2v) is 13.0. The topological polar surface area (TPSA) is 192 Å². The van der Waals surface area contributed by atoms with Crippen molar-refractivity contribution in [2.24, 2.45) is 5.10 Å². The average molecular weight is 583 g/mol. The third kappa shape index (κ3) is 5.42. The first-order chi connectivity index (χ1) is 18.2. The lowest BCUT2D eigenvalue weighted by Crippen LogP contribution is -2.58. The van der Waals surface area contributed by atoms with Crippen molar-refractivity contribution < 1.29 is 40.8 Å². The van der Waals surface area contributed by atoms with E-state index < -0.39 is 63.0 Å². The molecule has 2 aromatic carbocycles. The smallest absolute Gasteiger partial charge is 0.325 e. The van der Waals surface area contributed by atoms with E-state index in [9.17, 15) is 36.5 Å². The van der Waals surface area contributed by atoms with Crippen molar-refractivity contribution in [1.82, 2.24) is 0 Å². The lowest BCUT2D eigenvalue weighted by molar-refractivity contribution is -0.384. The number of nitro benzene ring substituents is 1. The molecule has 3 rings (SSSR count). The number of aryl methyl sites for hydroxylation is 1. The molecule has 14 nitrogen and oxygen atoms in total. The largest absolute Gasteiger partial charge is 0.468 e. The minimum absolute atomic E-state index is 0.0414. The van der Waals surface area contributed by atoms with Crippen molar-refractivity contribution in [1.29, 1.82) is 0 Å². The molecule has 1 fully saturated rings. The van der Waals surface area contributed by atoms with Crippen LogP contribution < -0.4 is 10.3 Å². The minimum Gasteiger partial charge on any atom is -0.468 e. The second kappa shape index (κ2) is 11.0. The quantitative estimate of drug-likeness (QED) is 0.280. The number of sulfone groups is 2. The molecule has 1 saturated heterocycles. The summed E-state index contributed by atoms with van der Waals surface area (Å²) in [6.07, 6.45) is 0. The minimum atomic E-state index is -5.16. The molecule has 2 atom stereocenters. The maximum Gasteiger partial charge on any atom is 0.325 e. The first-order valence-corrected chi connectivity index (χ1v) is 14.3. The second-order valence-electron chi connectivity index (χ2n) is 8.76. The predicted octanol–water partition coefficient (Wildman–Crippen LogP) is 1.36. The summed E-state index contributed by atoms with van der Waals surface area (Å²) in [4.78, 5) is 38.2. The Labute approximate surface area is 224 Å². The number of benzene rings is 2. The molecule has 0 aliphatic carbocycles.